The molecule has 0 unspecified atom stereocenters. The molecule has 0 aromatic carbocycles. The van der Waals surface area contributed by atoms with Gasteiger partial charge in [0, 0.05) is 25.2 Å². The van der Waals surface area contributed by atoms with Crippen molar-refractivity contribution >= 4 is 5.91 Å². The van der Waals surface area contributed by atoms with Gasteiger partial charge in [-0.25, -0.2) is 0 Å². The van der Waals surface area contributed by atoms with Crippen molar-refractivity contribution in [3.8, 4) is 0 Å². The minimum atomic E-state index is -0.201. The summed E-state index contributed by atoms with van der Waals surface area (Å²) in [6.07, 6.45) is 1.75. The number of carbonyl (C=O) groups is 1. The van der Waals surface area contributed by atoms with E-state index in [4.69, 9.17) is 4.74 Å². The number of amides is 1. The van der Waals surface area contributed by atoms with Gasteiger partial charge in [0.15, 0.2) is 0 Å². The first kappa shape index (κ1) is 14.2. The van der Waals surface area contributed by atoms with Crippen LogP contribution in [0.15, 0.2) is 12.7 Å². The van der Waals surface area contributed by atoms with Crippen LogP contribution in [0.5, 0.6) is 0 Å². The van der Waals surface area contributed by atoms with E-state index in [-0.39, 0.29) is 23.7 Å². The predicted octanol–water partition coefficient (Wildman–Crippen LogP) is 1.18. The van der Waals surface area contributed by atoms with Crippen molar-refractivity contribution in [1.82, 2.24) is 10.2 Å². The van der Waals surface area contributed by atoms with Crippen molar-refractivity contribution in [2.45, 2.75) is 38.8 Å². The van der Waals surface area contributed by atoms with E-state index in [0.29, 0.717) is 6.54 Å². The van der Waals surface area contributed by atoms with Gasteiger partial charge < -0.3 is 15.0 Å². The Morgan fingerprint density at radius 2 is 2.12 bits per heavy atom. The molecule has 1 fully saturated rings. The van der Waals surface area contributed by atoms with Crippen molar-refractivity contribution < 1.29 is 9.53 Å². The van der Waals surface area contributed by atoms with Gasteiger partial charge in [-0.1, -0.05) is 6.08 Å². The molecule has 1 aliphatic rings. The zero-order chi connectivity index (χ0) is 13.1. The average Bonchev–Trinajstić information content (AvgIpc) is 2.18. The molecule has 0 aromatic heterocycles. The first-order valence-corrected chi connectivity index (χ1v) is 6.04. The Bertz CT molecular complexity index is 290. The quantitative estimate of drug-likeness (QED) is 0.734. The van der Waals surface area contributed by atoms with E-state index in [0.717, 1.165) is 13.1 Å². The monoisotopic (exact) mass is 240 g/mol. The normalized spacial score (nSPS) is 18.4. The molecule has 4 heteroatoms. The number of hydrogen-bond donors (Lipinski definition) is 1. The van der Waals surface area contributed by atoms with Crippen LogP contribution in [0.4, 0.5) is 0 Å². The first-order chi connectivity index (χ1) is 7.78. The Morgan fingerprint density at radius 1 is 1.53 bits per heavy atom. The van der Waals surface area contributed by atoms with Gasteiger partial charge in [0.1, 0.15) is 6.61 Å². The van der Waals surface area contributed by atoms with Gasteiger partial charge in [-0.05, 0) is 27.7 Å². The molecule has 0 radical (unpaired) electrons. The second kappa shape index (κ2) is 5.19. The number of nitrogens with zero attached hydrogens (tertiary/aromatic N) is 1. The van der Waals surface area contributed by atoms with Crippen LogP contribution in [0.25, 0.3) is 0 Å². The summed E-state index contributed by atoms with van der Waals surface area (Å²) in [5.41, 5.74) is -0.374. The molecule has 0 saturated carbocycles. The molecule has 1 rings (SSSR count). The second-order valence-electron chi connectivity index (χ2n) is 5.81. The maximum Gasteiger partial charge on any atom is 0.249 e. The lowest BCUT2D eigenvalue weighted by Gasteiger charge is -2.40. The molecule has 0 atom stereocenters. The van der Waals surface area contributed by atoms with Crippen molar-refractivity contribution in [2.24, 2.45) is 0 Å². The van der Waals surface area contributed by atoms with Crippen LogP contribution >= 0.6 is 0 Å². The molecule has 0 bridgehead atoms. The lowest BCUT2D eigenvalue weighted by molar-refractivity contribution is -0.149. The van der Waals surface area contributed by atoms with Crippen molar-refractivity contribution in [2.75, 3.05) is 26.2 Å². The van der Waals surface area contributed by atoms with Crippen LogP contribution in [0.1, 0.15) is 27.7 Å². The largest absolute Gasteiger partial charge is 0.363 e. The van der Waals surface area contributed by atoms with Crippen LogP contribution in [0.3, 0.4) is 0 Å². The lowest BCUT2D eigenvalue weighted by atomic mass is 10.00. The summed E-state index contributed by atoms with van der Waals surface area (Å²) >= 11 is 0. The van der Waals surface area contributed by atoms with Crippen molar-refractivity contribution in [3.63, 3.8) is 0 Å². The number of ether oxygens (including phenoxy) is 1. The molecular formula is C13H24N2O2. The fraction of sp³-hybridized carbons (Fsp3) is 0.769. The average molecular weight is 240 g/mol. The van der Waals surface area contributed by atoms with E-state index >= 15 is 0 Å². The molecule has 0 spiro atoms. The minimum absolute atomic E-state index is 0.0190. The molecule has 1 aliphatic heterocycles. The van der Waals surface area contributed by atoms with E-state index in [1.165, 1.54) is 0 Å². The van der Waals surface area contributed by atoms with Gasteiger partial charge in [-0.15, -0.1) is 6.58 Å². The first-order valence-electron chi connectivity index (χ1n) is 6.04. The summed E-state index contributed by atoms with van der Waals surface area (Å²) < 4.78 is 5.66. The third-order valence-corrected chi connectivity index (χ3v) is 2.96. The van der Waals surface area contributed by atoms with Crippen molar-refractivity contribution in [3.05, 3.63) is 12.7 Å². The summed E-state index contributed by atoms with van der Waals surface area (Å²) in [5, 5.41) is 3.14. The molecule has 1 N–H and O–H groups in total. The maximum absolute atomic E-state index is 12.1. The zero-order valence-corrected chi connectivity index (χ0v) is 11.4. The molecule has 17 heavy (non-hydrogen) atoms. The number of nitrogens with one attached hydrogen (secondary N) is 1. The number of rotatable bonds is 5. The number of carbonyl (C=O) groups excluding carboxylic acids is 1. The Labute approximate surface area is 104 Å². The Balaban J connectivity index is 2.50. The highest BCUT2D eigenvalue weighted by Gasteiger charge is 2.34. The van der Waals surface area contributed by atoms with E-state index < -0.39 is 0 Å². The molecule has 1 amide bonds. The van der Waals surface area contributed by atoms with Gasteiger partial charge in [0.25, 0.3) is 0 Å². The lowest BCUT2D eigenvalue weighted by Crippen LogP contribution is -2.60. The highest BCUT2D eigenvalue weighted by atomic mass is 16.5. The number of hydrogen-bond acceptors (Lipinski definition) is 3. The molecule has 1 saturated heterocycles. The summed E-state index contributed by atoms with van der Waals surface area (Å²) in [6, 6.07) is 0. The summed E-state index contributed by atoms with van der Waals surface area (Å²) in [4.78, 5) is 13.9. The molecule has 0 aromatic rings. The molecular weight excluding hydrogens is 216 g/mol. The van der Waals surface area contributed by atoms with Crippen LogP contribution in [-0.2, 0) is 9.53 Å². The predicted molar refractivity (Wildman–Crippen MR) is 68.9 cm³/mol. The SMILES string of the molecule is C=CCN(C(=O)COC1(C)CNC1)C(C)(C)C. The van der Waals surface area contributed by atoms with Gasteiger partial charge >= 0.3 is 0 Å². The van der Waals surface area contributed by atoms with E-state index in [1.807, 2.05) is 27.7 Å². The summed E-state index contributed by atoms with van der Waals surface area (Å²) in [6.45, 7) is 14.1. The maximum atomic E-state index is 12.1. The minimum Gasteiger partial charge on any atom is -0.363 e. The molecule has 0 aliphatic carbocycles. The standard InChI is InChI=1S/C13H24N2O2/c1-6-7-15(12(2,3)4)11(16)8-17-13(5)9-14-10-13/h6,14H,1,7-10H2,2-5H3. The van der Waals surface area contributed by atoms with E-state index in [2.05, 4.69) is 11.9 Å². The van der Waals surface area contributed by atoms with Crippen LogP contribution in [0, 0.1) is 0 Å². The fourth-order valence-electron chi connectivity index (χ4n) is 1.77. The highest BCUT2D eigenvalue weighted by molar-refractivity contribution is 5.78. The van der Waals surface area contributed by atoms with Crippen LogP contribution in [-0.4, -0.2) is 48.2 Å². The molecule has 98 valence electrons. The topological polar surface area (TPSA) is 41.6 Å². The molecule has 4 nitrogen and oxygen atoms in total. The van der Waals surface area contributed by atoms with Gasteiger partial charge in [-0.2, -0.15) is 0 Å². The fourth-order valence-corrected chi connectivity index (χ4v) is 1.77. The van der Waals surface area contributed by atoms with Gasteiger partial charge in [-0.3, -0.25) is 4.79 Å². The van der Waals surface area contributed by atoms with Gasteiger partial charge in [0.2, 0.25) is 5.91 Å². The van der Waals surface area contributed by atoms with E-state index in [1.54, 1.807) is 11.0 Å². The Morgan fingerprint density at radius 3 is 2.47 bits per heavy atom. The van der Waals surface area contributed by atoms with Crippen molar-refractivity contribution in [1.29, 1.82) is 0 Å². The smallest absolute Gasteiger partial charge is 0.249 e. The van der Waals surface area contributed by atoms with Crippen LogP contribution in [0.2, 0.25) is 0 Å². The third-order valence-electron chi connectivity index (χ3n) is 2.96. The van der Waals surface area contributed by atoms with E-state index in [9.17, 15) is 4.79 Å². The van der Waals surface area contributed by atoms with Gasteiger partial charge in [0.05, 0.1) is 5.60 Å². The summed E-state index contributed by atoms with van der Waals surface area (Å²) in [7, 11) is 0. The third kappa shape index (κ3) is 3.82. The second-order valence-corrected chi connectivity index (χ2v) is 5.81. The summed E-state index contributed by atoms with van der Waals surface area (Å²) in [5.74, 6) is 0.0190. The highest BCUT2D eigenvalue weighted by Crippen LogP contribution is 2.17. The zero-order valence-electron chi connectivity index (χ0n) is 11.4. The molecule has 1 heterocycles. The van der Waals surface area contributed by atoms with Crippen LogP contribution < -0.4 is 5.32 Å². The Hall–Kier alpha value is -0.870. The Kier molecular flexibility index (Phi) is 4.33.